The van der Waals surface area contributed by atoms with Crippen LogP contribution in [0.5, 0.6) is 0 Å². The molecule has 2 aromatic heterocycles. The quantitative estimate of drug-likeness (QED) is 0.757. The molecule has 2 heterocycles. The van der Waals surface area contributed by atoms with E-state index in [1.807, 2.05) is 18.2 Å². The molecule has 1 aliphatic carbocycles. The minimum absolute atomic E-state index is 0.0652. The van der Waals surface area contributed by atoms with Crippen LogP contribution in [0.15, 0.2) is 54.5 Å². The van der Waals surface area contributed by atoms with E-state index < -0.39 is 0 Å². The van der Waals surface area contributed by atoms with Crippen molar-refractivity contribution in [2.24, 2.45) is 0 Å². The Morgan fingerprint density at radius 2 is 2.00 bits per heavy atom. The zero-order chi connectivity index (χ0) is 17.3. The number of carbonyl (C=O) groups excluding carboxylic acids is 1. The first-order valence-electron chi connectivity index (χ1n) is 8.86. The number of amides is 1. The Kier molecular flexibility index (Phi) is 6.15. The number of rotatable bonds is 7. The summed E-state index contributed by atoms with van der Waals surface area (Å²) < 4.78 is 0. The average molecular weight is 336 g/mol. The molecule has 0 saturated carbocycles. The van der Waals surface area contributed by atoms with Gasteiger partial charge in [0.1, 0.15) is 5.82 Å². The molecule has 0 atom stereocenters. The van der Waals surface area contributed by atoms with Crippen molar-refractivity contribution in [3.05, 3.63) is 65.6 Å². The predicted octanol–water partition coefficient (Wildman–Crippen LogP) is 3.71. The fourth-order valence-electron chi connectivity index (χ4n) is 2.90. The Balaban J connectivity index is 1.44. The summed E-state index contributed by atoms with van der Waals surface area (Å²) in [5.74, 6) is 0.685. The number of anilines is 1. The fraction of sp³-hybridized carbons (Fsp3) is 0.350. The molecule has 0 radical (unpaired) electrons. The highest BCUT2D eigenvalue weighted by Crippen LogP contribution is 2.19. The molecule has 0 aliphatic heterocycles. The molecule has 0 bridgehead atoms. The van der Waals surface area contributed by atoms with Crippen molar-refractivity contribution in [2.75, 3.05) is 11.9 Å². The van der Waals surface area contributed by atoms with Gasteiger partial charge in [-0.2, -0.15) is 0 Å². The van der Waals surface area contributed by atoms with Crippen LogP contribution in [0, 0.1) is 0 Å². The SMILES string of the molecule is O=C(NCCC1=CCCCC1)c1ccc(NCc2ccncc2)nc1. The van der Waals surface area contributed by atoms with Gasteiger partial charge in [-0.15, -0.1) is 0 Å². The fourth-order valence-corrected chi connectivity index (χ4v) is 2.90. The largest absolute Gasteiger partial charge is 0.366 e. The summed E-state index contributed by atoms with van der Waals surface area (Å²) in [5.41, 5.74) is 3.20. The average Bonchev–Trinajstić information content (AvgIpc) is 2.68. The van der Waals surface area contributed by atoms with Gasteiger partial charge >= 0.3 is 0 Å². The van der Waals surface area contributed by atoms with Gasteiger partial charge in [-0.25, -0.2) is 4.98 Å². The third-order valence-corrected chi connectivity index (χ3v) is 4.37. The van der Waals surface area contributed by atoms with Crippen LogP contribution in [0.4, 0.5) is 5.82 Å². The molecule has 1 aliphatic rings. The Bertz CT molecular complexity index is 710. The zero-order valence-corrected chi connectivity index (χ0v) is 14.4. The van der Waals surface area contributed by atoms with E-state index in [0.717, 1.165) is 17.8 Å². The summed E-state index contributed by atoms with van der Waals surface area (Å²) >= 11 is 0. The predicted molar refractivity (Wildman–Crippen MR) is 99.3 cm³/mol. The molecular formula is C20H24N4O. The standard InChI is InChI=1S/C20H24N4O/c25-20(22-13-10-16-4-2-1-3-5-16)18-6-7-19(24-15-18)23-14-17-8-11-21-12-9-17/h4,6-9,11-12,15H,1-3,5,10,13-14H2,(H,22,25)(H,23,24). The molecule has 1 amide bonds. The van der Waals surface area contributed by atoms with Gasteiger partial charge in [-0.1, -0.05) is 11.6 Å². The zero-order valence-electron chi connectivity index (χ0n) is 14.4. The number of hydrogen-bond acceptors (Lipinski definition) is 4. The number of nitrogens with zero attached hydrogens (tertiary/aromatic N) is 2. The molecule has 0 aromatic carbocycles. The topological polar surface area (TPSA) is 66.9 Å². The van der Waals surface area contributed by atoms with E-state index in [4.69, 9.17) is 0 Å². The van der Waals surface area contributed by atoms with E-state index in [1.165, 1.54) is 31.3 Å². The van der Waals surface area contributed by atoms with Crippen LogP contribution in [0.25, 0.3) is 0 Å². The first kappa shape index (κ1) is 17.1. The van der Waals surface area contributed by atoms with Gasteiger partial charge in [0.15, 0.2) is 0 Å². The maximum absolute atomic E-state index is 12.2. The number of carbonyl (C=O) groups is 1. The molecule has 5 nitrogen and oxygen atoms in total. The second-order valence-corrected chi connectivity index (χ2v) is 6.26. The van der Waals surface area contributed by atoms with Crippen LogP contribution in [-0.4, -0.2) is 22.4 Å². The van der Waals surface area contributed by atoms with Crippen molar-refractivity contribution in [1.82, 2.24) is 15.3 Å². The van der Waals surface area contributed by atoms with Gasteiger partial charge in [0, 0.05) is 31.7 Å². The smallest absolute Gasteiger partial charge is 0.252 e. The van der Waals surface area contributed by atoms with Crippen molar-refractivity contribution >= 4 is 11.7 Å². The van der Waals surface area contributed by atoms with E-state index in [0.29, 0.717) is 18.7 Å². The van der Waals surface area contributed by atoms with Gasteiger partial charge in [0.2, 0.25) is 0 Å². The van der Waals surface area contributed by atoms with Crippen molar-refractivity contribution in [3.63, 3.8) is 0 Å². The molecule has 0 saturated heterocycles. The van der Waals surface area contributed by atoms with Crippen LogP contribution in [-0.2, 0) is 6.54 Å². The van der Waals surface area contributed by atoms with Crippen LogP contribution in [0.2, 0.25) is 0 Å². The second-order valence-electron chi connectivity index (χ2n) is 6.26. The van der Waals surface area contributed by atoms with E-state index in [1.54, 1.807) is 24.7 Å². The van der Waals surface area contributed by atoms with E-state index >= 15 is 0 Å². The van der Waals surface area contributed by atoms with Gasteiger partial charge in [0.05, 0.1) is 5.56 Å². The Morgan fingerprint density at radius 3 is 2.72 bits per heavy atom. The number of aromatic nitrogens is 2. The van der Waals surface area contributed by atoms with Gasteiger partial charge < -0.3 is 10.6 Å². The lowest BCUT2D eigenvalue weighted by molar-refractivity contribution is 0.0953. The minimum Gasteiger partial charge on any atom is -0.366 e. The lowest BCUT2D eigenvalue weighted by atomic mass is 9.97. The number of hydrogen-bond donors (Lipinski definition) is 2. The molecule has 0 unspecified atom stereocenters. The maximum Gasteiger partial charge on any atom is 0.252 e. The first-order chi connectivity index (χ1) is 12.3. The maximum atomic E-state index is 12.2. The minimum atomic E-state index is -0.0652. The molecule has 0 spiro atoms. The summed E-state index contributed by atoms with van der Waals surface area (Å²) in [4.78, 5) is 20.5. The van der Waals surface area contributed by atoms with E-state index in [2.05, 4.69) is 26.7 Å². The Morgan fingerprint density at radius 1 is 1.12 bits per heavy atom. The summed E-state index contributed by atoms with van der Waals surface area (Å²) in [5, 5.41) is 6.21. The van der Waals surface area contributed by atoms with Gasteiger partial charge in [-0.05, 0) is 61.9 Å². The van der Waals surface area contributed by atoms with Crippen molar-refractivity contribution in [1.29, 1.82) is 0 Å². The normalized spacial score (nSPS) is 13.8. The van der Waals surface area contributed by atoms with Crippen molar-refractivity contribution < 1.29 is 4.79 Å². The summed E-state index contributed by atoms with van der Waals surface area (Å²) in [6.07, 6.45) is 13.3. The Hall–Kier alpha value is -2.69. The molecule has 5 heteroatoms. The number of pyridine rings is 2. The van der Waals surface area contributed by atoms with E-state index in [9.17, 15) is 4.79 Å². The summed E-state index contributed by atoms with van der Waals surface area (Å²) in [7, 11) is 0. The molecule has 25 heavy (non-hydrogen) atoms. The number of allylic oxidation sites excluding steroid dienone is 1. The third kappa shape index (κ3) is 5.41. The third-order valence-electron chi connectivity index (χ3n) is 4.37. The molecule has 130 valence electrons. The van der Waals surface area contributed by atoms with Crippen molar-refractivity contribution in [2.45, 2.75) is 38.6 Å². The van der Waals surface area contributed by atoms with Crippen LogP contribution in [0.3, 0.4) is 0 Å². The highest BCUT2D eigenvalue weighted by atomic mass is 16.1. The highest BCUT2D eigenvalue weighted by Gasteiger charge is 2.07. The Labute approximate surface area is 148 Å². The molecule has 3 rings (SSSR count). The highest BCUT2D eigenvalue weighted by molar-refractivity contribution is 5.94. The van der Waals surface area contributed by atoms with Crippen LogP contribution < -0.4 is 10.6 Å². The van der Waals surface area contributed by atoms with Gasteiger partial charge in [0.25, 0.3) is 5.91 Å². The first-order valence-corrected chi connectivity index (χ1v) is 8.86. The van der Waals surface area contributed by atoms with E-state index in [-0.39, 0.29) is 5.91 Å². The second kappa shape index (κ2) is 8.97. The van der Waals surface area contributed by atoms with Crippen molar-refractivity contribution in [3.8, 4) is 0 Å². The molecule has 2 N–H and O–H groups in total. The summed E-state index contributed by atoms with van der Waals surface area (Å²) in [6.45, 7) is 1.36. The lowest BCUT2D eigenvalue weighted by Gasteiger charge is -2.13. The molecule has 2 aromatic rings. The van der Waals surface area contributed by atoms with Gasteiger partial charge in [-0.3, -0.25) is 9.78 Å². The molecular weight excluding hydrogens is 312 g/mol. The molecule has 0 fully saturated rings. The van der Waals surface area contributed by atoms with Crippen LogP contribution in [0.1, 0.15) is 48.0 Å². The number of nitrogens with one attached hydrogen (secondary N) is 2. The lowest BCUT2D eigenvalue weighted by Crippen LogP contribution is -2.25. The van der Waals surface area contributed by atoms with Crippen LogP contribution >= 0.6 is 0 Å². The monoisotopic (exact) mass is 336 g/mol. The summed E-state index contributed by atoms with van der Waals surface area (Å²) in [6, 6.07) is 7.55.